The van der Waals surface area contributed by atoms with Crippen molar-refractivity contribution in [1.82, 2.24) is 0 Å². The maximum atomic E-state index is 5.97. The van der Waals surface area contributed by atoms with Gasteiger partial charge in [0.1, 0.15) is 23.1 Å². The van der Waals surface area contributed by atoms with Crippen LogP contribution in [0.2, 0.25) is 0 Å². The van der Waals surface area contributed by atoms with Crippen molar-refractivity contribution in [3.05, 3.63) is 58.7 Å². The van der Waals surface area contributed by atoms with E-state index < -0.39 is 0 Å². The van der Waals surface area contributed by atoms with Crippen molar-refractivity contribution in [1.29, 1.82) is 0 Å². The molecule has 0 fully saturated rings. The lowest BCUT2D eigenvalue weighted by Crippen LogP contribution is -2.10. The van der Waals surface area contributed by atoms with E-state index in [1.807, 2.05) is 50.2 Å². The van der Waals surface area contributed by atoms with Crippen molar-refractivity contribution >= 4 is 17.2 Å². The van der Waals surface area contributed by atoms with Crippen LogP contribution in [0, 0.1) is 13.8 Å². The topological polar surface area (TPSA) is 44.5 Å². The van der Waals surface area contributed by atoms with Crippen molar-refractivity contribution in [3.63, 3.8) is 0 Å². The lowest BCUT2D eigenvalue weighted by atomic mass is 10.1. The summed E-state index contributed by atoms with van der Waals surface area (Å²) in [4.78, 5) is 0.400. The minimum atomic E-state index is 0.400. The average molecular weight is 301 g/mol. The molecular formula is C17H19NO2S. The number of para-hydroxylation sites is 1. The van der Waals surface area contributed by atoms with Crippen LogP contribution in [0.4, 0.5) is 0 Å². The molecule has 110 valence electrons. The molecule has 0 bridgehead atoms. The quantitative estimate of drug-likeness (QED) is 0.858. The Hall–Kier alpha value is -2.07. The van der Waals surface area contributed by atoms with Crippen LogP contribution in [0.1, 0.15) is 22.3 Å². The summed E-state index contributed by atoms with van der Waals surface area (Å²) in [6.07, 6.45) is 0. The molecule has 0 aliphatic carbocycles. The van der Waals surface area contributed by atoms with E-state index in [-0.39, 0.29) is 0 Å². The summed E-state index contributed by atoms with van der Waals surface area (Å²) in [5.74, 6) is 1.69. The molecule has 0 saturated heterocycles. The first-order valence-electron chi connectivity index (χ1n) is 6.68. The van der Waals surface area contributed by atoms with Gasteiger partial charge in [0.25, 0.3) is 0 Å². The first-order chi connectivity index (χ1) is 10.0. The molecule has 2 rings (SSSR count). The van der Waals surface area contributed by atoms with E-state index in [1.165, 1.54) is 0 Å². The van der Waals surface area contributed by atoms with Gasteiger partial charge in [-0.2, -0.15) is 0 Å². The van der Waals surface area contributed by atoms with E-state index in [1.54, 1.807) is 7.11 Å². The Balaban J connectivity index is 2.22. The van der Waals surface area contributed by atoms with E-state index in [9.17, 15) is 0 Å². The summed E-state index contributed by atoms with van der Waals surface area (Å²) in [5.41, 5.74) is 9.60. The molecule has 0 unspecified atom stereocenters. The van der Waals surface area contributed by atoms with Crippen LogP contribution in [0.5, 0.6) is 11.5 Å². The molecule has 2 N–H and O–H groups in total. The van der Waals surface area contributed by atoms with Crippen LogP contribution >= 0.6 is 12.2 Å². The predicted octanol–water partition coefficient (Wildman–Crippen LogP) is 3.53. The van der Waals surface area contributed by atoms with Crippen LogP contribution in [-0.2, 0) is 6.61 Å². The zero-order valence-electron chi connectivity index (χ0n) is 12.5. The molecule has 0 spiro atoms. The molecule has 2 aromatic rings. The van der Waals surface area contributed by atoms with Crippen LogP contribution in [-0.4, -0.2) is 12.1 Å². The molecule has 21 heavy (non-hydrogen) atoms. The monoisotopic (exact) mass is 301 g/mol. The molecule has 0 heterocycles. The van der Waals surface area contributed by atoms with Gasteiger partial charge in [0.15, 0.2) is 0 Å². The molecule has 4 heteroatoms. The van der Waals surface area contributed by atoms with Crippen LogP contribution in [0.15, 0.2) is 36.4 Å². The lowest BCUT2D eigenvalue weighted by molar-refractivity contribution is 0.293. The summed E-state index contributed by atoms with van der Waals surface area (Å²) in [7, 11) is 1.66. The molecule has 0 aliphatic rings. The third kappa shape index (κ3) is 3.52. The Morgan fingerprint density at radius 3 is 2.33 bits per heavy atom. The summed E-state index contributed by atoms with van der Waals surface area (Å²) < 4.78 is 11.3. The molecule has 0 radical (unpaired) electrons. The number of hydrogen-bond donors (Lipinski definition) is 1. The minimum Gasteiger partial charge on any atom is -0.496 e. The van der Waals surface area contributed by atoms with Gasteiger partial charge in [-0.1, -0.05) is 30.4 Å². The summed E-state index contributed by atoms with van der Waals surface area (Å²) in [5, 5.41) is 0. The van der Waals surface area contributed by atoms with E-state index in [0.29, 0.717) is 11.6 Å². The number of hydrogen-bond acceptors (Lipinski definition) is 3. The molecule has 0 amide bonds. The largest absolute Gasteiger partial charge is 0.496 e. The fraction of sp³-hybridized carbons (Fsp3) is 0.235. The van der Waals surface area contributed by atoms with Crippen LogP contribution < -0.4 is 15.2 Å². The van der Waals surface area contributed by atoms with Crippen molar-refractivity contribution in [2.75, 3.05) is 7.11 Å². The summed E-state index contributed by atoms with van der Waals surface area (Å²) in [6.45, 7) is 4.44. The average Bonchev–Trinajstić information content (AvgIpc) is 2.46. The lowest BCUT2D eigenvalue weighted by Gasteiger charge is -2.15. The molecule has 0 saturated carbocycles. The molecule has 0 aliphatic heterocycles. The van der Waals surface area contributed by atoms with Crippen molar-refractivity contribution in [2.24, 2.45) is 5.73 Å². The van der Waals surface area contributed by atoms with Crippen LogP contribution in [0.3, 0.4) is 0 Å². The van der Waals surface area contributed by atoms with E-state index in [2.05, 4.69) is 0 Å². The number of thiocarbonyl (C=S) groups is 1. The van der Waals surface area contributed by atoms with Gasteiger partial charge >= 0.3 is 0 Å². The smallest absolute Gasteiger partial charge is 0.125 e. The predicted molar refractivity (Wildman–Crippen MR) is 89.1 cm³/mol. The van der Waals surface area contributed by atoms with E-state index >= 15 is 0 Å². The fourth-order valence-electron chi connectivity index (χ4n) is 2.29. The number of ether oxygens (including phenoxy) is 2. The second-order valence-corrected chi connectivity index (χ2v) is 5.34. The Morgan fingerprint density at radius 1 is 1.14 bits per heavy atom. The third-order valence-electron chi connectivity index (χ3n) is 3.31. The minimum absolute atomic E-state index is 0.400. The first kappa shape index (κ1) is 15.3. The number of rotatable bonds is 5. The van der Waals surface area contributed by atoms with Gasteiger partial charge in [-0.05, 0) is 43.2 Å². The molecular weight excluding hydrogens is 282 g/mol. The zero-order valence-corrected chi connectivity index (χ0v) is 13.3. The van der Waals surface area contributed by atoms with E-state index in [0.717, 1.165) is 33.8 Å². The first-order valence-corrected chi connectivity index (χ1v) is 7.09. The van der Waals surface area contributed by atoms with Crippen molar-refractivity contribution < 1.29 is 9.47 Å². The number of methoxy groups -OCH3 is 1. The van der Waals surface area contributed by atoms with Gasteiger partial charge in [-0.3, -0.25) is 0 Å². The number of benzene rings is 2. The van der Waals surface area contributed by atoms with Crippen LogP contribution in [0.25, 0.3) is 0 Å². The standard InChI is InChI=1S/C17H19NO2S/c1-11-8-14(17(18)21)9-12(2)16(11)20-10-13-6-4-5-7-15(13)19-3/h4-9H,10H2,1-3H3,(H2,18,21). The highest BCUT2D eigenvalue weighted by Crippen LogP contribution is 2.27. The summed E-state index contributed by atoms with van der Waals surface area (Å²) in [6, 6.07) is 11.7. The Labute approximate surface area is 130 Å². The Bertz CT molecular complexity index is 645. The number of aryl methyl sites for hydroxylation is 2. The Kier molecular flexibility index (Phi) is 4.81. The SMILES string of the molecule is COc1ccccc1COc1c(C)cc(C(N)=S)cc1C. The maximum absolute atomic E-state index is 5.97. The highest BCUT2D eigenvalue weighted by molar-refractivity contribution is 7.80. The second-order valence-electron chi connectivity index (χ2n) is 4.90. The Morgan fingerprint density at radius 2 is 1.76 bits per heavy atom. The zero-order chi connectivity index (χ0) is 15.4. The normalized spacial score (nSPS) is 10.2. The molecule has 2 aromatic carbocycles. The van der Waals surface area contributed by atoms with Gasteiger partial charge in [0, 0.05) is 11.1 Å². The van der Waals surface area contributed by atoms with Gasteiger partial charge in [0.05, 0.1) is 7.11 Å². The molecule has 3 nitrogen and oxygen atoms in total. The highest BCUT2D eigenvalue weighted by atomic mass is 32.1. The van der Waals surface area contributed by atoms with Gasteiger partial charge in [-0.15, -0.1) is 0 Å². The molecule has 0 atom stereocenters. The van der Waals surface area contributed by atoms with Gasteiger partial charge in [-0.25, -0.2) is 0 Å². The van der Waals surface area contributed by atoms with Crippen molar-refractivity contribution in [2.45, 2.75) is 20.5 Å². The fourth-order valence-corrected chi connectivity index (χ4v) is 2.41. The molecule has 0 aromatic heterocycles. The maximum Gasteiger partial charge on any atom is 0.125 e. The van der Waals surface area contributed by atoms with Gasteiger partial charge in [0.2, 0.25) is 0 Å². The van der Waals surface area contributed by atoms with E-state index in [4.69, 9.17) is 27.4 Å². The summed E-state index contributed by atoms with van der Waals surface area (Å²) >= 11 is 5.02. The number of nitrogens with two attached hydrogens (primary N) is 1. The van der Waals surface area contributed by atoms with Crippen molar-refractivity contribution in [3.8, 4) is 11.5 Å². The third-order valence-corrected chi connectivity index (χ3v) is 3.55. The highest BCUT2D eigenvalue weighted by Gasteiger charge is 2.09. The van der Waals surface area contributed by atoms with Gasteiger partial charge < -0.3 is 15.2 Å². The second kappa shape index (κ2) is 6.59.